The minimum Gasteiger partial charge on any atom is -0.369 e. The van der Waals surface area contributed by atoms with E-state index < -0.39 is 6.10 Å². The Hall–Kier alpha value is -1.06. The summed E-state index contributed by atoms with van der Waals surface area (Å²) in [5, 5.41) is 3.51. The normalized spacial score (nSPS) is 12.2. The van der Waals surface area contributed by atoms with Gasteiger partial charge in [0.2, 0.25) is 5.91 Å². The van der Waals surface area contributed by atoms with Crippen molar-refractivity contribution in [2.24, 2.45) is 0 Å². The molecule has 0 heterocycles. The zero-order chi connectivity index (χ0) is 12.8. The molecule has 0 fully saturated rings. The zero-order valence-electron chi connectivity index (χ0n) is 10.4. The Morgan fingerprint density at radius 3 is 2.88 bits per heavy atom. The van der Waals surface area contributed by atoms with Crippen LogP contribution in [0.4, 0.5) is 0 Å². The summed E-state index contributed by atoms with van der Waals surface area (Å²) < 4.78 is 5.20. The van der Waals surface area contributed by atoms with Crippen LogP contribution in [-0.2, 0) is 16.1 Å². The first-order valence-electron chi connectivity index (χ1n) is 5.69. The number of nitrogens with one attached hydrogen (secondary N) is 1. The molecule has 1 unspecified atom stereocenters. The predicted molar refractivity (Wildman–Crippen MR) is 69.1 cm³/mol. The van der Waals surface area contributed by atoms with Gasteiger partial charge in [-0.1, -0.05) is 29.8 Å². The van der Waals surface area contributed by atoms with Crippen LogP contribution < -0.4 is 5.32 Å². The minimum absolute atomic E-state index is 0.121. The molecule has 0 bridgehead atoms. The highest BCUT2D eigenvalue weighted by molar-refractivity contribution is 6.32. The van der Waals surface area contributed by atoms with E-state index in [1.165, 1.54) is 0 Å². The highest BCUT2D eigenvalue weighted by Gasteiger charge is 2.12. The van der Waals surface area contributed by atoms with E-state index in [2.05, 4.69) is 5.32 Å². The van der Waals surface area contributed by atoms with E-state index >= 15 is 0 Å². The highest BCUT2D eigenvalue weighted by Crippen LogP contribution is 2.19. The molecule has 1 aromatic carbocycles. The minimum atomic E-state index is -0.427. The number of ether oxygens (including phenoxy) is 1. The van der Waals surface area contributed by atoms with Gasteiger partial charge in [-0.25, -0.2) is 0 Å². The zero-order valence-corrected chi connectivity index (χ0v) is 11.2. The van der Waals surface area contributed by atoms with Crippen LogP contribution in [0.3, 0.4) is 0 Å². The Kier molecular flexibility index (Phi) is 5.45. The van der Waals surface area contributed by atoms with Crippen LogP contribution in [0.2, 0.25) is 5.02 Å². The van der Waals surface area contributed by atoms with Gasteiger partial charge in [0.25, 0.3) is 0 Å². The third-order valence-corrected chi connectivity index (χ3v) is 3.05. The SMILES string of the molecule is CCOC(C)C(=O)NCc1cccc(C)c1Cl. The summed E-state index contributed by atoms with van der Waals surface area (Å²) in [6.07, 6.45) is -0.427. The van der Waals surface area contributed by atoms with Crippen LogP contribution in [-0.4, -0.2) is 18.6 Å². The first-order valence-corrected chi connectivity index (χ1v) is 6.07. The van der Waals surface area contributed by atoms with E-state index in [4.69, 9.17) is 16.3 Å². The Balaban J connectivity index is 2.56. The van der Waals surface area contributed by atoms with Crippen molar-refractivity contribution < 1.29 is 9.53 Å². The molecule has 0 saturated heterocycles. The van der Waals surface area contributed by atoms with E-state index in [9.17, 15) is 4.79 Å². The fraction of sp³-hybridized carbons (Fsp3) is 0.462. The maximum absolute atomic E-state index is 11.6. The molecular formula is C13H18ClNO2. The number of benzene rings is 1. The molecule has 17 heavy (non-hydrogen) atoms. The van der Waals surface area contributed by atoms with Crippen LogP contribution in [0.5, 0.6) is 0 Å². The van der Waals surface area contributed by atoms with Crippen molar-refractivity contribution in [1.29, 1.82) is 0 Å². The Morgan fingerprint density at radius 1 is 1.53 bits per heavy atom. The molecule has 0 aliphatic carbocycles. The summed E-state index contributed by atoms with van der Waals surface area (Å²) in [6, 6.07) is 5.77. The quantitative estimate of drug-likeness (QED) is 0.879. The molecule has 0 saturated carbocycles. The fourth-order valence-corrected chi connectivity index (χ4v) is 1.69. The molecule has 3 nitrogen and oxygen atoms in total. The number of hydrogen-bond donors (Lipinski definition) is 1. The van der Waals surface area contributed by atoms with Crippen molar-refractivity contribution in [2.45, 2.75) is 33.4 Å². The summed E-state index contributed by atoms with van der Waals surface area (Å²) in [5.74, 6) is -0.121. The Morgan fingerprint density at radius 2 is 2.24 bits per heavy atom. The second-order valence-electron chi connectivity index (χ2n) is 3.86. The molecule has 1 amide bonds. The molecule has 1 atom stereocenters. The van der Waals surface area contributed by atoms with E-state index in [0.29, 0.717) is 18.2 Å². The average Bonchev–Trinajstić information content (AvgIpc) is 2.31. The van der Waals surface area contributed by atoms with Gasteiger partial charge in [-0.05, 0) is 31.9 Å². The van der Waals surface area contributed by atoms with Crippen LogP contribution in [0, 0.1) is 6.92 Å². The lowest BCUT2D eigenvalue weighted by atomic mass is 10.1. The largest absolute Gasteiger partial charge is 0.369 e. The van der Waals surface area contributed by atoms with Gasteiger partial charge in [0.05, 0.1) is 0 Å². The van der Waals surface area contributed by atoms with E-state index in [1.54, 1.807) is 6.92 Å². The predicted octanol–water partition coefficient (Wildman–Crippen LogP) is 2.69. The molecule has 1 aromatic rings. The number of hydrogen-bond acceptors (Lipinski definition) is 2. The highest BCUT2D eigenvalue weighted by atomic mass is 35.5. The van der Waals surface area contributed by atoms with Crippen molar-refractivity contribution in [3.8, 4) is 0 Å². The van der Waals surface area contributed by atoms with Gasteiger partial charge in [0, 0.05) is 18.2 Å². The number of rotatable bonds is 5. The van der Waals surface area contributed by atoms with Crippen molar-refractivity contribution >= 4 is 17.5 Å². The van der Waals surface area contributed by atoms with Gasteiger partial charge in [-0.15, -0.1) is 0 Å². The van der Waals surface area contributed by atoms with E-state index in [1.807, 2.05) is 32.0 Å². The smallest absolute Gasteiger partial charge is 0.249 e. The van der Waals surface area contributed by atoms with E-state index in [0.717, 1.165) is 11.1 Å². The number of aryl methyl sites for hydroxylation is 1. The topological polar surface area (TPSA) is 38.3 Å². The summed E-state index contributed by atoms with van der Waals surface area (Å²) in [7, 11) is 0. The van der Waals surface area contributed by atoms with Gasteiger partial charge < -0.3 is 10.1 Å². The maximum atomic E-state index is 11.6. The first-order chi connectivity index (χ1) is 8.06. The summed E-state index contributed by atoms with van der Waals surface area (Å²) in [4.78, 5) is 11.6. The lowest BCUT2D eigenvalue weighted by Gasteiger charge is -2.13. The van der Waals surface area contributed by atoms with Crippen LogP contribution in [0.1, 0.15) is 25.0 Å². The first kappa shape index (κ1) is 14.0. The monoisotopic (exact) mass is 255 g/mol. The van der Waals surface area contributed by atoms with Crippen molar-refractivity contribution in [1.82, 2.24) is 5.32 Å². The van der Waals surface area contributed by atoms with Crippen LogP contribution in [0.25, 0.3) is 0 Å². The molecule has 1 N–H and O–H groups in total. The molecule has 0 aliphatic heterocycles. The van der Waals surface area contributed by atoms with Gasteiger partial charge in [0.1, 0.15) is 6.10 Å². The third-order valence-electron chi connectivity index (χ3n) is 2.51. The van der Waals surface area contributed by atoms with Crippen molar-refractivity contribution in [2.75, 3.05) is 6.61 Å². The molecule has 4 heteroatoms. The number of carbonyl (C=O) groups excluding carboxylic acids is 1. The number of amides is 1. The molecular weight excluding hydrogens is 238 g/mol. The lowest BCUT2D eigenvalue weighted by Crippen LogP contribution is -2.34. The summed E-state index contributed by atoms with van der Waals surface area (Å²) in [5.41, 5.74) is 1.93. The van der Waals surface area contributed by atoms with Gasteiger partial charge in [-0.3, -0.25) is 4.79 Å². The van der Waals surface area contributed by atoms with E-state index in [-0.39, 0.29) is 5.91 Å². The van der Waals surface area contributed by atoms with Crippen LogP contribution in [0.15, 0.2) is 18.2 Å². The average molecular weight is 256 g/mol. The van der Waals surface area contributed by atoms with Crippen molar-refractivity contribution in [3.05, 3.63) is 34.3 Å². The second kappa shape index (κ2) is 6.62. The molecule has 0 aromatic heterocycles. The molecule has 0 aliphatic rings. The van der Waals surface area contributed by atoms with Gasteiger partial charge in [0.15, 0.2) is 0 Å². The standard InChI is InChI=1S/C13H18ClNO2/c1-4-17-10(3)13(16)15-8-11-7-5-6-9(2)12(11)14/h5-7,10H,4,8H2,1-3H3,(H,15,16). The number of carbonyl (C=O) groups is 1. The van der Waals surface area contributed by atoms with Gasteiger partial charge >= 0.3 is 0 Å². The summed E-state index contributed by atoms with van der Waals surface area (Å²) >= 11 is 6.13. The Labute approximate surface area is 107 Å². The maximum Gasteiger partial charge on any atom is 0.249 e. The van der Waals surface area contributed by atoms with Gasteiger partial charge in [-0.2, -0.15) is 0 Å². The third kappa shape index (κ3) is 4.02. The molecule has 1 rings (SSSR count). The summed E-state index contributed by atoms with van der Waals surface area (Å²) in [6.45, 7) is 6.49. The fourth-order valence-electron chi connectivity index (χ4n) is 1.50. The Bertz CT molecular complexity index is 393. The van der Waals surface area contributed by atoms with Crippen molar-refractivity contribution in [3.63, 3.8) is 0 Å². The lowest BCUT2D eigenvalue weighted by molar-refractivity contribution is -0.131. The second-order valence-corrected chi connectivity index (χ2v) is 4.24. The molecule has 94 valence electrons. The number of halogens is 1. The van der Waals surface area contributed by atoms with Crippen LogP contribution >= 0.6 is 11.6 Å². The molecule has 0 radical (unpaired) electrons. The molecule has 0 spiro atoms.